The molecule has 0 aliphatic rings. The molecule has 1 amide bonds. The Balaban J connectivity index is 2.75. The molecule has 0 fully saturated rings. The minimum absolute atomic E-state index is 0.153. The standard InChI is InChI=1S/C14H23N3O/c1-13(2,3)9-14(4,5)17-12(18)11-8-10(15)6-7-16-11/h6-8H,9H2,1-5H3,(H2,15,16)(H,17,18). The molecule has 0 aliphatic carbocycles. The molecule has 0 aliphatic heterocycles. The minimum Gasteiger partial charge on any atom is -0.399 e. The van der Waals surface area contributed by atoms with E-state index in [4.69, 9.17) is 5.73 Å². The van der Waals surface area contributed by atoms with Gasteiger partial charge in [0.2, 0.25) is 0 Å². The van der Waals surface area contributed by atoms with Crippen LogP contribution in [0, 0.1) is 5.41 Å². The summed E-state index contributed by atoms with van der Waals surface area (Å²) in [4.78, 5) is 16.1. The highest BCUT2D eigenvalue weighted by Crippen LogP contribution is 2.26. The molecule has 1 rings (SSSR count). The van der Waals surface area contributed by atoms with Crippen LogP contribution in [0.25, 0.3) is 0 Å². The largest absolute Gasteiger partial charge is 0.399 e. The van der Waals surface area contributed by atoms with E-state index in [-0.39, 0.29) is 16.9 Å². The quantitative estimate of drug-likeness (QED) is 0.865. The maximum atomic E-state index is 12.1. The second-order valence-electron chi connectivity index (χ2n) is 6.55. The summed E-state index contributed by atoms with van der Waals surface area (Å²) in [6.07, 6.45) is 2.43. The maximum absolute atomic E-state index is 12.1. The number of carbonyl (C=O) groups excluding carboxylic acids is 1. The highest BCUT2D eigenvalue weighted by Gasteiger charge is 2.27. The molecule has 1 heterocycles. The van der Waals surface area contributed by atoms with Crippen LogP contribution in [0.5, 0.6) is 0 Å². The van der Waals surface area contributed by atoms with E-state index in [1.165, 1.54) is 0 Å². The average molecular weight is 249 g/mol. The normalized spacial score (nSPS) is 12.3. The SMILES string of the molecule is CC(C)(C)CC(C)(C)NC(=O)c1cc(N)ccn1. The summed E-state index contributed by atoms with van der Waals surface area (Å²) in [6, 6.07) is 3.25. The Bertz CT molecular complexity index is 433. The lowest BCUT2D eigenvalue weighted by molar-refractivity contribution is 0.0886. The van der Waals surface area contributed by atoms with Crippen LogP contribution < -0.4 is 11.1 Å². The van der Waals surface area contributed by atoms with Gasteiger partial charge in [0.1, 0.15) is 5.69 Å². The van der Waals surface area contributed by atoms with Gasteiger partial charge in [-0.2, -0.15) is 0 Å². The van der Waals surface area contributed by atoms with Crippen molar-refractivity contribution in [3.05, 3.63) is 24.0 Å². The first-order valence-corrected chi connectivity index (χ1v) is 6.13. The third-order valence-corrected chi connectivity index (χ3v) is 2.44. The van der Waals surface area contributed by atoms with Crippen LogP contribution in [-0.4, -0.2) is 16.4 Å². The Morgan fingerprint density at radius 1 is 1.33 bits per heavy atom. The van der Waals surface area contributed by atoms with Crippen molar-refractivity contribution in [1.82, 2.24) is 10.3 Å². The molecule has 1 aromatic rings. The fourth-order valence-corrected chi connectivity index (χ4v) is 2.31. The Morgan fingerprint density at radius 2 is 1.94 bits per heavy atom. The molecule has 0 radical (unpaired) electrons. The zero-order valence-electron chi connectivity index (χ0n) is 11.9. The monoisotopic (exact) mass is 249 g/mol. The molecular weight excluding hydrogens is 226 g/mol. The van der Waals surface area contributed by atoms with Gasteiger partial charge in [0.05, 0.1) is 0 Å². The summed E-state index contributed by atoms with van der Waals surface area (Å²) in [7, 11) is 0. The van der Waals surface area contributed by atoms with Crippen LogP contribution in [0.1, 0.15) is 51.5 Å². The Morgan fingerprint density at radius 3 is 2.44 bits per heavy atom. The van der Waals surface area contributed by atoms with Gasteiger partial charge in [0, 0.05) is 17.4 Å². The van der Waals surface area contributed by atoms with Gasteiger partial charge in [0.25, 0.3) is 5.91 Å². The summed E-state index contributed by atoms with van der Waals surface area (Å²) in [5.74, 6) is -0.184. The fourth-order valence-electron chi connectivity index (χ4n) is 2.31. The average Bonchev–Trinajstić information content (AvgIpc) is 2.12. The summed E-state index contributed by atoms with van der Waals surface area (Å²) < 4.78 is 0. The predicted octanol–water partition coefficient (Wildman–Crippen LogP) is 2.61. The van der Waals surface area contributed by atoms with Crippen molar-refractivity contribution in [3.63, 3.8) is 0 Å². The van der Waals surface area contributed by atoms with E-state index in [0.29, 0.717) is 11.4 Å². The van der Waals surface area contributed by atoms with Crippen LogP contribution in [0.15, 0.2) is 18.3 Å². The number of nitrogens with two attached hydrogens (primary N) is 1. The van der Waals surface area contributed by atoms with Crippen LogP contribution in [0.2, 0.25) is 0 Å². The summed E-state index contributed by atoms with van der Waals surface area (Å²) >= 11 is 0. The first kappa shape index (κ1) is 14.5. The van der Waals surface area contributed by atoms with E-state index in [9.17, 15) is 4.79 Å². The number of hydrogen-bond donors (Lipinski definition) is 2. The van der Waals surface area contributed by atoms with Crippen LogP contribution in [-0.2, 0) is 0 Å². The van der Waals surface area contributed by atoms with Crippen LogP contribution >= 0.6 is 0 Å². The highest BCUT2D eigenvalue weighted by atomic mass is 16.2. The van der Waals surface area contributed by atoms with Gasteiger partial charge in [-0.05, 0) is 37.8 Å². The van der Waals surface area contributed by atoms with Crippen molar-refractivity contribution in [2.24, 2.45) is 5.41 Å². The number of carbonyl (C=O) groups is 1. The van der Waals surface area contributed by atoms with Gasteiger partial charge in [-0.3, -0.25) is 9.78 Å². The van der Waals surface area contributed by atoms with Crippen molar-refractivity contribution < 1.29 is 4.79 Å². The Hall–Kier alpha value is -1.58. The van der Waals surface area contributed by atoms with Crippen LogP contribution in [0.4, 0.5) is 5.69 Å². The molecule has 4 heteroatoms. The smallest absolute Gasteiger partial charge is 0.270 e. The van der Waals surface area contributed by atoms with Gasteiger partial charge < -0.3 is 11.1 Å². The number of nitrogens with zero attached hydrogens (tertiary/aromatic N) is 1. The van der Waals surface area contributed by atoms with E-state index in [1.54, 1.807) is 18.3 Å². The number of amides is 1. The first-order valence-electron chi connectivity index (χ1n) is 6.13. The number of pyridine rings is 1. The van der Waals surface area contributed by atoms with Crippen LogP contribution in [0.3, 0.4) is 0 Å². The van der Waals surface area contributed by atoms with E-state index < -0.39 is 0 Å². The van der Waals surface area contributed by atoms with Gasteiger partial charge in [-0.15, -0.1) is 0 Å². The van der Waals surface area contributed by atoms with E-state index in [1.807, 2.05) is 13.8 Å². The van der Waals surface area contributed by atoms with Gasteiger partial charge >= 0.3 is 0 Å². The molecule has 1 aromatic heterocycles. The predicted molar refractivity (Wildman–Crippen MR) is 74.3 cm³/mol. The van der Waals surface area contributed by atoms with Crippen molar-refractivity contribution in [2.75, 3.05) is 5.73 Å². The molecular formula is C14H23N3O. The number of hydrogen-bond acceptors (Lipinski definition) is 3. The zero-order valence-corrected chi connectivity index (χ0v) is 11.9. The van der Waals surface area contributed by atoms with E-state index >= 15 is 0 Å². The van der Waals surface area contributed by atoms with E-state index in [2.05, 4.69) is 31.1 Å². The number of aromatic nitrogens is 1. The summed E-state index contributed by atoms with van der Waals surface area (Å²) in [5.41, 5.74) is 6.42. The van der Waals surface area contributed by atoms with Gasteiger partial charge in [-0.1, -0.05) is 20.8 Å². The Kier molecular flexibility index (Phi) is 3.99. The maximum Gasteiger partial charge on any atom is 0.270 e. The molecule has 0 bridgehead atoms. The Labute approximate surface area is 109 Å². The molecule has 3 N–H and O–H groups in total. The second-order valence-corrected chi connectivity index (χ2v) is 6.55. The third-order valence-electron chi connectivity index (χ3n) is 2.44. The first-order chi connectivity index (χ1) is 8.09. The molecule has 0 spiro atoms. The molecule has 4 nitrogen and oxygen atoms in total. The third kappa shape index (κ3) is 4.73. The summed E-state index contributed by atoms with van der Waals surface area (Å²) in [5, 5.41) is 3.00. The number of nitrogen functional groups attached to an aromatic ring is 1. The number of anilines is 1. The molecule has 18 heavy (non-hydrogen) atoms. The van der Waals surface area contributed by atoms with Gasteiger partial charge in [-0.25, -0.2) is 0 Å². The van der Waals surface area contributed by atoms with Crippen molar-refractivity contribution >= 4 is 11.6 Å². The van der Waals surface area contributed by atoms with Crippen molar-refractivity contribution in [2.45, 2.75) is 46.6 Å². The molecule has 100 valence electrons. The lowest BCUT2D eigenvalue weighted by Crippen LogP contribution is -2.46. The summed E-state index contributed by atoms with van der Waals surface area (Å²) in [6.45, 7) is 10.5. The minimum atomic E-state index is -0.276. The fraction of sp³-hybridized carbons (Fsp3) is 0.571. The molecule has 0 saturated carbocycles. The van der Waals surface area contributed by atoms with E-state index in [0.717, 1.165) is 6.42 Å². The second kappa shape index (κ2) is 4.96. The molecule has 0 atom stereocenters. The van der Waals surface area contributed by atoms with Crippen molar-refractivity contribution in [1.29, 1.82) is 0 Å². The number of rotatable bonds is 3. The van der Waals surface area contributed by atoms with Gasteiger partial charge in [0.15, 0.2) is 0 Å². The molecule has 0 saturated heterocycles. The lowest BCUT2D eigenvalue weighted by Gasteiger charge is -2.33. The van der Waals surface area contributed by atoms with Crippen molar-refractivity contribution in [3.8, 4) is 0 Å². The lowest BCUT2D eigenvalue weighted by atomic mass is 9.82. The molecule has 0 unspecified atom stereocenters. The topological polar surface area (TPSA) is 68.0 Å². The number of nitrogens with one attached hydrogen (secondary N) is 1. The highest BCUT2D eigenvalue weighted by molar-refractivity contribution is 5.93. The molecule has 0 aromatic carbocycles. The zero-order chi connectivity index (χ0) is 14.0.